The number of hydrogen-bond donors (Lipinski definition) is 0. The third-order valence-corrected chi connectivity index (χ3v) is 4.72. The van der Waals surface area contributed by atoms with Crippen LogP contribution in [0.25, 0.3) is 0 Å². The van der Waals surface area contributed by atoms with Crippen LogP contribution in [0.4, 0.5) is 0 Å². The highest BCUT2D eigenvalue weighted by Crippen LogP contribution is 2.08. The molecule has 1 amide bonds. The Morgan fingerprint density at radius 2 is 1.00 bits per heavy atom. The first kappa shape index (κ1) is 30.2. The van der Waals surface area contributed by atoms with E-state index in [1.54, 1.807) is 14.2 Å². The summed E-state index contributed by atoms with van der Waals surface area (Å²) in [6.07, 6.45) is 7.63. The van der Waals surface area contributed by atoms with Gasteiger partial charge in [0.2, 0.25) is 5.91 Å². The molecule has 8 nitrogen and oxygen atoms in total. The molecule has 186 valence electrons. The normalized spacial score (nSPS) is 11.2. The molecule has 0 rings (SSSR count). The summed E-state index contributed by atoms with van der Waals surface area (Å²) in [5.41, 5.74) is 0. The van der Waals surface area contributed by atoms with Gasteiger partial charge >= 0.3 is 0 Å². The van der Waals surface area contributed by atoms with E-state index in [0.717, 1.165) is 12.8 Å². The van der Waals surface area contributed by atoms with Crippen molar-refractivity contribution in [2.24, 2.45) is 0 Å². The summed E-state index contributed by atoms with van der Waals surface area (Å²) in [4.78, 5) is 14.5. The van der Waals surface area contributed by atoms with Crippen LogP contribution in [-0.4, -0.2) is 104 Å². The molecule has 0 aliphatic rings. The van der Waals surface area contributed by atoms with Gasteiger partial charge in [-0.25, -0.2) is 0 Å². The van der Waals surface area contributed by atoms with Crippen LogP contribution in [0.5, 0.6) is 0 Å². The Hall–Kier alpha value is -0.770. The number of unbranched alkanes of at least 4 members (excludes halogenated alkanes) is 5. The van der Waals surface area contributed by atoms with E-state index in [4.69, 9.17) is 28.4 Å². The summed E-state index contributed by atoms with van der Waals surface area (Å²) in [6.45, 7) is 8.72. The van der Waals surface area contributed by atoms with Crippen molar-refractivity contribution in [2.75, 3.05) is 93.4 Å². The molecule has 0 saturated heterocycles. The van der Waals surface area contributed by atoms with Crippen LogP contribution in [0.3, 0.4) is 0 Å². The third-order valence-electron chi connectivity index (χ3n) is 4.72. The second-order valence-corrected chi connectivity index (χ2v) is 7.33. The molecule has 0 spiro atoms. The molecule has 0 aromatic heterocycles. The summed E-state index contributed by atoms with van der Waals surface area (Å²) >= 11 is 0. The van der Waals surface area contributed by atoms with Crippen molar-refractivity contribution in [3.05, 3.63) is 0 Å². The van der Waals surface area contributed by atoms with Gasteiger partial charge in [-0.1, -0.05) is 39.0 Å². The van der Waals surface area contributed by atoms with Crippen LogP contribution in [0.15, 0.2) is 0 Å². The monoisotopic (exact) mass is 449 g/mol. The molecule has 0 N–H and O–H groups in total. The lowest BCUT2D eigenvalue weighted by Gasteiger charge is -2.23. The van der Waals surface area contributed by atoms with Gasteiger partial charge in [-0.15, -0.1) is 0 Å². The molecule has 0 aliphatic carbocycles. The molecule has 0 saturated carbocycles. The van der Waals surface area contributed by atoms with E-state index in [1.807, 2.05) is 4.90 Å². The fraction of sp³-hybridized carbons (Fsp3) is 0.957. The van der Waals surface area contributed by atoms with Crippen molar-refractivity contribution in [3.8, 4) is 0 Å². The number of rotatable bonds is 25. The van der Waals surface area contributed by atoms with E-state index < -0.39 is 0 Å². The van der Waals surface area contributed by atoms with Crippen LogP contribution in [0.2, 0.25) is 0 Å². The maximum absolute atomic E-state index is 12.6. The van der Waals surface area contributed by atoms with Crippen LogP contribution in [0, 0.1) is 0 Å². The number of hydrogen-bond acceptors (Lipinski definition) is 7. The highest BCUT2D eigenvalue weighted by Gasteiger charge is 2.13. The zero-order valence-corrected chi connectivity index (χ0v) is 20.2. The van der Waals surface area contributed by atoms with Gasteiger partial charge in [0.05, 0.1) is 66.1 Å². The highest BCUT2D eigenvalue weighted by atomic mass is 16.5. The molecule has 31 heavy (non-hydrogen) atoms. The molecule has 0 heterocycles. The van der Waals surface area contributed by atoms with E-state index >= 15 is 0 Å². The van der Waals surface area contributed by atoms with Gasteiger partial charge in [-0.05, 0) is 6.42 Å². The number of methoxy groups -OCH3 is 2. The van der Waals surface area contributed by atoms with Crippen molar-refractivity contribution in [1.82, 2.24) is 4.90 Å². The van der Waals surface area contributed by atoms with Gasteiger partial charge < -0.3 is 33.3 Å². The van der Waals surface area contributed by atoms with E-state index in [2.05, 4.69) is 6.92 Å². The Labute approximate surface area is 189 Å². The average molecular weight is 450 g/mol. The maximum atomic E-state index is 12.6. The summed E-state index contributed by atoms with van der Waals surface area (Å²) in [7, 11) is 3.30. The van der Waals surface area contributed by atoms with Gasteiger partial charge in [0.15, 0.2) is 0 Å². The lowest BCUT2D eigenvalue weighted by Crippen LogP contribution is -2.37. The molecular formula is C23H47NO7. The van der Waals surface area contributed by atoms with Gasteiger partial charge in [-0.2, -0.15) is 0 Å². The molecule has 0 aliphatic heterocycles. The molecular weight excluding hydrogens is 402 g/mol. The Kier molecular flexibility index (Phi) is 24.9. The lowest BCUT2D eigenvalue weighted by molar-refractivity contribution is -0.133. The minimum Gasteiger partial charge on any atom is -0.382 e. The van der Waals surface area contributed by atoms with Crippen LogP contribution in [0.1, 0.15) is 51.9 Å². The van der Waals surface area contributed by atoms with Crippen LogP contribution in [-0.2, 0) is 33.2 Å². The van der Waals surface area contributed by atoms with Crippen molar-refractivity contribution in [2.45, 2.75) is 51.9 Å². The molecule has 0 fully saturated rings. The fourth-order valence-corrected chi connectivity index (χ4v) is 2.85. The van der Waals surface area contributed by atoms with Crippen molar-refractivity contribution >= 4 is 5.91 Å². The number of ether oxygens (including phenoxy) is 6. The Bertz CT molecular complexity index is 352. The second kappa shape index (κ2) is 25.5. The topological polar surface area (TPSA) is 75.7 Å². The number of nitrogens with zero attached hydrogens (tertiary/aromatic N) is 1. The summed E-state index contributed by atoms with van der Waals surface area (Å²) < 4.78 is 31.8. The zero-order valence-electron chi connectivity index (χ0n) is 20.2. The maximum Gasteiger partial charge on any atom is 0.222 e. The van der Waals surface area contributed by atoms with Crippen molar-refractivity contribution in [3.63, 3.8) is 0 Å². The standard InChI is InChI=1S/C23H47NO7/c1-4-5-6-7-8-9-10-23(25)24(11-13-28-19-21-30-17-15-26-2)12-14-29-20-22-31-18-16-27-3/h4-22H2,1-3H3. The summed E-state index contributed by atoms with van der Waals surface area (Å²) in [5, 5.41) is 0. The minimum atomic E-state index is 0.176. The van der Waals surface area contributed by atoms with Gasteiger partial charge in [0.1, 0.15) is 0 Å². The predicted molar refractivity (Wildman–Crippen MR) is 122 cm³/mol. The lowest BCUT2D eigenvalue weighted by atomic mass is 10.1. The number of amides is 1. The van der Waals surface area contributed by atoms with Gasteiger partial charge in [-0.3, -0.25) is 4.79 Å². The molecule has 0 bridgehead atoms. The van der Waals surface area contributed by atoms with Crippen LogP contribution < -0.4 is 0 Å². The molecule has 0 atom stereocenters. The van der Waals surface area contributed by atoms with Crippen LogP contribution >= 0.6 is 0 Å². The minimum absolute atomic E-state index is 0.176. The number of carbonyl (C=O) groups excluding carboxylic acids is 1. The first-order valence-electron chi connectivity index (χ1n) is 11.8. The molecule has 0 unspecified atom stereocenters. The van der Waals surface area contributed by atoms with Crippen molar-refractivity contribution in [1.29, 1.82) is 0 Å². The van der Waals surface area contributed by atoms with Gasteiger partial charge in [0, 0.05) is 33.7 Å². The van der Waals surface area contributed by atoms with E-state index in [1.165, 1.54) is 25.7 Å². The zero-order chi connectivity index (χ0) is 22.8. The number of carbonyl (C=O) groups is 1. The molecule has 0 aromatic carbocycles. The first-order valence-corrected chi connectivity index (χ1v) is 11.8. The van der Waals surface area contributed by atoms with E-state index in [9.17, 15) is 4.79 Å². The molecule has 8 heteroatoms. The molecule has 0 radical (unpaired) electrons. The smallest absolute Gasteiger partial charge is 0.222 e. The molecule has 0 aromatic rings. The third kappa shape index (κ3) is 22.2. The predicted octanol–water partition coefficient (Wildman–Crippen LogP) is 2.92. The van der Waals surface area contributed by atoms with Crippen molar-refractivity contribution < 1.29 is 33.2 Å². The van der Waals surface area contributed by atoms with Gasteiger partial charge in [0.25, 0.3) is 0 Å². The Morgan fingerprint density at radius 3 is 1.48 bits per heavy atom. The average Bonchev–Trinajstić information content (AvgIpc) is 2.78. The van der Waals surface area contributed by atoms with E-state index in [-0.39, 0.29) is 5.91 Å². The summed E-state index contributed by atoms with van der Waals surface area (Å²) in [6, 6.07) is 0. The summed E-state index contributed by atoms with van der Waals surface area (Å²) in [5.74, 6) is 0.176. The highest BCUT2D eigenvalue weighted by molar-refractivity contribution is 5.76. The van der Waals surface area contributed by atoms with E-state index in [0.29, 0.717) is 85.6 Å². The fourth-order valence-electron chi connectivity index (χ4n) is 2.85. The quantitative estimate of drug-likeness (QED) is 0.198. The second-order valence-electron chi connectivity index (χ2n) is 7.33. The largest absolute Gasteiger partial charge is 0.382 e. The Balaban J connectivity index is 4.03. The first-order chi connectivity index (χ1) is 15.3. The Morgan fingerprint density at radius 1 is 0.581 bits per heavy atom. The SMILES string of the molecule is CCCCCCCCC(=O)N(CCOCCOCCOC)CCOCCOCCOC.